The highest BCUT2D eigenvalue weighted by Gasteiger charge is 2.47. The summed E-state index contributed by atoms with van der Waals surface area (Å²) >= 11 is 0. The van der Waals surface area contributed by atoms with E-state index in [2.05, 4.69) is 0 Å². The number of rotatable bonds is 10. The number of likely N-dealkylation sites (tertiary alicyclic amines) is 1. The van der Waals surface area contributed by atoms with Crippen LogP contribution in [0.15, 0.2) is 48.0 Å². The quantitative estimate of drug-likeness (QED) is 0.241. The van der Waals surface area contributed by atoms with E-state index in [1.54, 1.807) is 42.5 Å². The van der Waals surface area contributed by atoms with Gasteiger partial charge in [0.05, 0.1) is 52.8 Å². The van der Waals surface area contributed by atoms with Gasteiger partial charge in [-0.1, -0.05) is 0 Å². The van der Waals surface area contributed by atoms with Crippen LogP contribution in [0.4, 0.5) is 0 Å². The standard InChI is InChI=1S/C24H27NO8/c1-30-16-6-4-15(5-7-16)22(27)20-21(18-9-8-17(31-2)14-19(18)32-3)25(24(29)23(20)28)10-12-33-13-11-26/h4-9,14,21,26-27H,10-13H2,1-3H3. The molecule has 0 saturated carbocycles. The van der Waals surface area contributed by atoms with Gasteiger partial charge in [-0.25, -0.2) is 0 Å². The number of ether oxygens (including phenoxy) is 4. The number of aliphatic hydroxyl groups excluding tert-OH is 2. The first kappa shape index (κ1) is 24.1. The van der Waals surface area contributed by atoms with Crippen LogP contribution < -0.4 is 14.2 Å². The van der Waals surface area contributed by atoms with Crippen LogP contribution in [0.3, 0.4) is 0 Å². The molecule has 1 fully saturated rings. The van der Waals surface area contributed by atoms with Crippen molar-refractivity contribution >= 4 is 17.4 Å². The molecule has 33 heavy (non-hydrogen) atoms. The van der Waals surface area contributed by atoms with Crippen LogP contribution >= 0.6 is 0 Å². The number of benzene rings is 2. The largest absolute Gasteiger partial charge is 0.507 e. The van der Waals surface area contributed by atoms with E-state index in [1.807, 2.05) is 0 Å². The lowest BCUT2D eigenvalue weighted by molar-refractivity contribution is -0.140. The van der Waals surface area contributed by atoms with Gasteiger partial charge in [-0.3, -0.25) is 9.59 Å². The fourth-order valence-electron chi connectivity index (χ4n) is 3.71. The maximum Gasteiger partial charge on any atom is 0.295 e. The van der Waals surface area contributed by atoms with Crippen molar-refractivity contribution in [2.75, 3.05) is 47.7 Å². The van der Waals surface area contributed by atoms with Crippen molar-refractivity contribution in [3.8, 4) is 17.2 Å². The summed E-state index contributed by atoms with van der Waals surface area (Å²) in [6.45, 7) is 0.118. The van der Waals surface area contributed by atoms with E-state index in [4.69, 9.17) is 24.1 Å². The minimum absolute atomic E-state index is 0.0595. The number of nitrogens with zero attached hydrogens (tertiary/aromatic N) is 1. The Morgan fingerprint density at radius 3 is 2.21 bits per heavy atom. The summed E-state index contributed by atoms with van der Waals surface area (Å²) < 4.78 is 21.2. The Kier molecular flexibility index (Phi) is 7.92. The molecule has 176 valence electrons. The van der Waals surface area contributed by atoms with Gasteiger partial charge in [-0.2, -0.15) is 0 Å². The number of hydrogen-bond acceptors (Lipinski definition) is 8. The van der Waals surface area contributed by atoms with Gasteiger partial charge in [0.2, 0.25) is 0 Å². The van der Waals surface area contributed by atoms with Gasteiger partial charge >= 0.3 is 0 Å². The van der Waals surface area contributed by atoms with Crippen molar-refractivity contribution in [1.29, 1.82) is 0 Å². The molecule has 0 aromatic heterocycles. The number of amides is 1. The zero-order valence-electron chi connectivity index (χ0n) is 18.7. The summed E-state index contributed by atoms with van der Waals surface area (Å²) in [6.07, 6.45) is 0. The number of ketones is 1. The van der Waals surface area contributed by atoms with Gasteiger partial charge in [0.15, 0.2) is 0 Å². The van der Waals surface area contributed by atoms with E-state index in [1.165, 1.54) is 26.2 Å². The Balaban J connectivity index is 2.13. The minimum atomic E-state index is -0.911. The Morgan fingerprint density at radius 1 is 0.939 bits per heavy atom. The fraction of sp³-hybridized carbons (Fsp3) is 0.333. The maximum atomic E-state index is 13.1. The first-order valence-corrected chi connectivity index (χ1v) is 10.3. The van der Waals surface area contributed by atoms with Crippen LogP contribution in [0.1, 0.15) is 17.2 Å². The molecule has 2 aromatic rings. The summed E-state index contributed by atoms with van der Waals surface area (Å²) in [6, 6.07) is 10.6. The predicted molar refractivity (Wildman–Crippen MR) is 119 cm³/mol. The lowest BCUT2D eigenvalue weighted by atomic mass is 9.94. The van der Waals surface area contributed by atoms with E-state index in [0.29, 0.717) is 28.4 Å². The number of carbonyl (C=O) groups is 2. The molecule has 0 bridgehead atoms. The van der Waals surface area contributed by atoms with Crippen molar-refractivity contribution in [3.05, 3.63) is 59.2 Å². The van der Waals surface area contributed by atoms with E-state index < -0.39 is 17.7 Å². The summed E-state index contributed by atoms with van der Waals surface area (Å²) in [5.74, 6) is -0.370. The smallest absolute Gasteiger partial charge is 0.295 e. The molecule has 0 aliphatic carbocycles. The Labute approximate surface area is 191 Å². The van der Waals surface area contributed by atoms with E-state index in [-0.39, 0.29) is 37.7 Å². The molecule has 1 aliphatic rings. The Bertz CT molecular complexity index is 1030. The number of Topliss-reactive ketones (excluding diaryl/α,β-unsaturated/α-hetero) is 1. The second kappa shape index (κ2) is 10.8. The fourth-order valence-corrected chi connectivity index (χ4v) is 3.71. The molecule has 3 rings (SSSR count). The van der Waals surface area contributed by atoms with Crippen LogP contribution in [0.2, 0.25) is 0 Å². The first-order valence-electron chi connectivity index (χ1n) is 10.3. The summed E-state index contributed by atoms with van der Waals surface area (Å²) in [7, 11) is 4.51. The second-order valence-electron chi connectivity index (χ2n) is 7.16. The monoisotopic (exact) mass is 457 g/mol. The molecule has 0 spiro atoms. The molecule has 2 N–H and O–H groups in total. The molecule has 0 radical (unpaired) electrons. The Hall–Kier alpha value is -3.56. The average molecular weight is 457 g/mol. The summed E-state index contributed by atoms with van der Waals surface area (Å²) in [5.41, 5.74) is 0.813. The van der Waals surface area contributed by atoms with E-state index >= 15 is 0 Å². The molecular weight excluding hydrogens is 430 g/mol. The molecular formula is C24H27NO8. The summed E-state index contributed by atoms with van der Waals surface area (Å²) in [4.78, 5) is 27.4. The van der Waals surface area contributed by atoms with Crippen LogP contribution in [0.5, 0.6) is 17.2 Å². The van der Waals surface area contributed by atoms with Gasteiger partial charge in [-0.15, -0.1) is 0 Å². The second-order valence-corrected chi connectivity index (χ2v) is 7.16. The van der Waals surface area contributed by atoms with Gasteiger partial charge in [0.25, 0.3) is 11.7 Å². The summed E-state index contributed by atoms with van der Waals surface area (Å²) in [5, 5.41) is 20.0. The lowest BCUT2D eigenvalue weighted by Gasteiger charge is -2.26. The van der Waals surface area contributed by atoms with Crippen molar-refractivity contribution in [2.45, 2.75) is 6.04 Å². The molecule has 1 atom stereocenters. The highest BCUT2D eigenvalue weighted by Crippen LogP contribution is 2.43. The molecule has 1 aliphatic heterocycles. The number of methoxy groups -OCH3 is 3. The third-order valence-electron chi connectivity index (χ3n) is 5.35. The van der Waals surface area contributed by atoms with Gasteiger partial charge in [-0.05, 0) is 36.4 Å². The molecule has 9 heteroatoms. The topological polar surface area (TPSA) is 115 Å². The Morgan fingerprint density at radius 2 is 1.61 bits per heavy atom. The molecule has 1 amide bonds. The highest BCUT2D eigenvalue weighted by atomic mass is 16.5. The molecule has 1 unspecified atom stereocenters. The van der Waals surface area contributed by atoms with Crippen LogP contribution in [-0.4, -0.2) is 74.5 Å². The minimum Gasteiger partial charge on any atom is -0.507 e. The number of hydrogen-bond donors (Lipinski definition) is 2. The average Bonchev–Trinajstić information content (AvgIpc) is 3.10. The van der Waals surface area contributed by atoms with Crippen LogP contribution in [-0.2, 0) is 14.3 Å². The van der Waals surface area contributed by atoms with Crippen molar-refractivity contribution in [2.24, 2.45) is 0 Å². The van der Waals surface area contributed by atoms with Gasteiger partial charge in [0, 0.05) is 23.7 Å². The molecule has 2 aromatic carbocycles. The third-order valence-corrected chi connectivity index (χ3v) is 5.35. The van der Waals surface area contributed by atoms with Gasteiger partial charge in [0.1, 0.15) is 23.0 Å². The van der Waals surface area contributed by atoms with Crippen LogP contribution in [0, 0.1) is 0 Å². The number of carbonyl (C=O) groups excluding carboxylic acids is 2. The van der Waals surface area contributed by atoms with E-state index in [9.17, 15) is 14.7 Å². The predicted octanol–water partition coefficient (Wildman–Crippen LogP) is 2.14. The third kappa shape index (κ3) is 4.94. The maximum absolute atomic E-state index is 13.1. The molecule has 1 saturated heterocycles. The van der Waals surface area contributed by atoms with Crippen LogP contribution in [0.25, 0.3) is 5.76 Å². The van der Waals surface area contributed by atoms with Crippen molar-refractivity contribution in [1.82, 2.24) is 4.90 Å². The lowest BCUT2D eigenvalue weighted by Crippen LogP contribution is -2.33. The molecule has 1 heterocycles. The van der Waals surface area contributed by atoms with Gasteiger partial charge < -0.3 is 34.1 Å². The normalized spacial score (nSPS) is 17.3. The SMILES string of the molecule is COc1ccc(C(O)=C2C(=O)C(=O)N(CCOCCO)C2c2ccc(OC)cc2OC)cc1. The van der Waals surface area contributed by atoms with E-state index in [0.717, 1.165) is 0 Å². The van der Waals surface area contributed by atoms with Crippen molar-refractivity contribution in [3.63, 3.8) is 0 Å². The first-order chi connectivity index (χ1) is 16.0. The van der Waals surface area contributed by atoms with Crippen molar-refractivity contribution < 1.29 is 38.7 Å². The zero-order chi connectivity index (χ0) is 24.0. The number of aliphatic hydroxyl groups is 2. The zero-order valence-corrected chi connectivity index (χ0v) is 18.7. The highest BCUT2D eigenvalue weighted by molar-refractivity contribution is 6.46. The molecule has 9 nitrogen and oxygen atoms in total.